The summed E-state index contributed by atoms with van der Waals surface area (Å²) in [4.78, 5) is 13.2. The fraction of sp³-hybridized carbons (Fsp3) is 0.308. The van der Waals surface area contributed by atoms with Gasteiger partial charge in [0, 0.05) is 12.6 Å². The maximum Gasteiger partial charge on any atom is 0.272 e. The molecule has 33 heavy (non-hydrogen) atoms. The molecule has 1 aromatic heterocycles. The Kier molecular flexibility index (Phi) is 6.89. The van der Waals surface area contributed by atoms with Gasteiger partial charge in [-0.15, -0.1) is 0 Å². The number of carbonyl (C=O) groups is 1. The van der Waals surface area contributed by atoms with Crippen molar-refractivity contribution in [2.24, 2.45) is 7.05 Å². The van der Waals surface area contributed by atoms with E-state index in [1.54, 1.807) is 35.0 Å². The van der Waals surface area contributed by atoms with Gasteiger partial charge >= 0.3 is 0 Å². The second-order valence-corrected chi connectivity index (χ2v) is 8.45. The molecule has 3 N–H and O–H groups in total. The predicted molar refractivity (Wildman–Crippen MR) is 125 cm³/mol. The van der Waals surface area contributed by atoms with Crippen molar-refractivity contribution in [3.8, 4) is 5.75 Å². The highest BCUT2D eigenvalue weighted by molar-refractivity contribution is 5.96. The molecule has 4 rings (SSSR count). The minimum absolute atomic E-state index is 0.168. The molecule has 1 amide bonds. The van der Waals surface area contributed by atoms with Crippen LogP contribution in [0.25, 0.3) is 11.6 Å². The third-order valence-electron chi connectivity index (χ3n) is 5.95. The van der Waals surface area contributed by atoms with Crippen LogP contribution in [-0.2, 0) is 19.9 Å². The molecule has 1 unspecified atom stereocenters. The minimum atomic E-state index is -0.479. The van der Waals surface area contributed by atoms with Crippen LogP contribution in [0.2, 0.25) is 0 Å². The number of aromatic nitrogens is 2. The zero-order chi connectivity index (χ0) is 23.4. The second-order valence-electron chi connectivity index (χ2n) is 8.45. The van der Waals surface area contributed by atoms with E-state index in [2.05, 4.69) is 10.4 Å². The van der Waals surface area contributed by atoms with Crippen LogP contribution in [0.5, 0.6) is 5.75 Å². The minimum Gasteiger partial charge on any atom is -0.508 e. The van der Waals surface area contributed by atoms with Crippen molar-refractivity contribution in [3.05, 3.63) is 82.4 Å². The third kappa shape index (κ3) is 5.31. The number of nitrogens with zero attached hydrogens (tertiary/aromatic N) is 2. The van der Waals surface area contributed by atoms with Gasteiger partial charge in [0.25, 0.3) is 5.91 Å². The van der Waals surface area contributed by atoms with Gasteiger partial charge in [0.1, 0.15) is 11.6 Å². The molecule has 1 heterocycles. The molecule has 0 saturated heterocycles. The first kappa shape index (κ1) is 22.7. The first-order chi connectivity index (χ1) is 15.9. The quantitative estimate of drug-likeness (QED) is 0.499. The van der Waals surface area contributed by atoms with Crippen molar-refractivity contribution in [1.82, 2.24) is 15.1 Å². The molecule has 0 radical (unpaired) electrons. The monoisotopic (exact) mass is 449 g/mol. The smallest absolute Gasteiger partial charge is 0.272 e. The summed E-state index contributed by atoms with van der Waals surface area (Å²) >= 11 is 0. The Morgan fingerprint density at radius 2 is 1.97 bits per heavy atom. The number of phenols is 1. The normalized spacial score (nSPS) is 15.7. The molecule has 2 aromatic carbocycles. The van der Waals surface area contributed by atoms with Gasteiger partial charge in [0.2, 0.25) is 0 Å². The van der Waals surface area contributed by atoms with Gasteiger partial charge in [-0.1, -0.05) is 24.3 Å². The van der Waals surface area contributed by atoms with Gasteiger partial charge < -0.3 is 15.5 Å². The molecule has 1 atom stereocenters. The molecule has 6 nitrogen and oxygen atoms in total. The van der Waals surface area contributed by atoms with E-state index in [1.165, 1.54) is 12.1 Å². The Labute approximate surface area is 192 Å². The molecule has 0 spiro atoms. The number of aliphatic hydroxyl groups is 1. The number of fused-ring (bicyclic) bond motifs is 1. The number of amides is 1. The number of nitrogens with one attached hydrogen (secondary N) is 1. The van der Waals surface area contributed by atoms with Crippen molar-refractivity contribution in [2.45, 2.75) is 38.1 Å². The van der Waals surface area contributed by atoms with E-state index >= 15 is 0 Å². The first-order valence-electron chi connectivity index (χ1n) is 11.2. The Morgan fingerprint density at radius 3 is 2.70 bits per heavy atom. The number of aryl methyl sites for hydroxylation is 1. The first-order valence-corrected chi connectivity index (χ1v) is 11.2. The van der Waals surface area contributed by atoms with Crippen molar-refractivity contribution < 1.29 is 19.4 Å². The van der Waals surface area contributed by atoms with Gasteiger partial charge in [0.15, 0.2) is 5.69 Å². The van der Waals surface area contributed by atoms with Gasteiger partial charge in [-0.3, -0.25) is 9.48 Å². The summed E-state index contributed by atoms with van der Waals surface area (Å²) in [6, 6.07) is 12.7. The second kappa shape index (κ2) is 10.0. The van der Waals surface area contributed by atoms with Crippen LogP contribution in [0.15, 0.2) is 48.5 Å². The van der Waals surface area contributed by atoms with Crippen LogP contribution in [0, 0.1) is 5.82 Å². The third-order valence-corrected chi connectivity index (χ3v) is 5.95. The van der Waals surface area contributed by atoms with E-state index in [-0.39, 0.29) is 24.1 Å². The largest absolute Gasteiger partial charge is 0.508 e. The van der Waals surface area contributed by atoms with Crippen LogP contribution >= 0.6 is 0 Å². The lowest BCUT2D eigenvalue weighted by Gasteiger charge is -2.16. The van der Waals surface area contributed by atoms with Crippen LogP contribution in [0.3, 0.4) is 0 Å². The summed E-state index contributed by atoms with van der Waals surface area (Å²) in [7, 11) is 1.82. The van der Waals surface area contributed by atoms with Crippen molar-refractivity contribution >= 4 is 17.6 Å². The Hall–Kier alpha value is -3.45. The van der Waals surface area contributed by atoms with E-state index in [4.69, 9.17) is 0 Å². The Balaban J connectivity index is 1.60. The summed E-state index contributed by atoms with van der Waals surface area (Å²) in [5.74, 6) is -0.440. The average molecular weight is 450 g/mol. The van der Waals surface area contributed by atoms with Gasteiger partial charge in [-0.2, -0.15) is 5.10 Å². The molecule has 0 bridgehead atoms. The number of carbonyl (C=O) groups excluding carboxylic acids is 1. The molecule has 7 heteroatoms. The summed E-state index contributed by atoms with van der Waals surface area (Å²) in [5.41, 5.74) is 4.86. The predicted octanol–water partition coefficient (Wildman–Crippen LogP) is 3.87. The zero-order valence-corrected chi connectivity index (χ0v) is 18.6. The molecule has 0 fully saturated rings. The number of halogens is 1. The highest BCUT2D eigenvalue weighted by Crippen LogP contribution is 2.33. The molecular formula is C26H28FN3O3. The van der Waals surface area contributed by atoms with E-state index in [0.717, 1.165) is 53.6 Å². The molecule has 0 saturated carbocycles. The van der Waals surface area contributed by atoms with Gasteiger partial charge in [0.05, 0.1) is 18.3 Å². The number of benzene rings is 2. The zero-order valence-electron chi connectivity index (χ0n) is 18.6. The molecule has 3 aromatic rings. The Bertz CT molecular complexity index is 1170. The van der Waals surface area contributed by atoms with Gasteiger partial charge in [-0.25, -0.2) is 4.39 Å². The van der Waals surface area contributed by atoms with Crippen molar-refractivity contribution in [2.75, 3.05) is 6.61 Å². The topological polar surface area (TPSA) is 87.4 Å². The number of allylic oxidation sites excluding steroid dienone is 1. The lowest BCUT2D eigenvalue weighted by molar-refractivity contribution is 0.0909. The number of aliphatic hydroxyl groups excluding tert-OH is 1. The highest BCUT2D eigenvalue weighted by Gasteiger charge is 2.26. The fourth-order valence-electron chi connectivity index (χ4n) is 4.39. The summed E-state index contributed by atoms with van der Waals surface area (Å²) in [6.45, 7) is -0.216. The SMILES string of the molecule is Cn1nc(C(=O)NC(CO)Cc2ccc(O)cc2)c2c1/C(=C/c1cccc(F)c1)CCCC2. The molecular weight excluding hydrogens is 421 g/mol. The maximum absolute atomic E-state index is 13.7. The van der Waals surface area contributed by atoms with Crippen LogP contribution in [0.1, 0.15) is 52.1 Å². The molecule has 0 aliphatic heterocycles. The number of aromatic hydroxyl groups is 1. The standard InChI is InChI=1S/C26H28FN3O3/c1-30-25-19(13-18-5-4-7-20(27)14-18)6-2-3-8-23(25)24(29-30)26(33)28-21(16-31)15-17-9-11-22(32)12-10-17/h4-5,7,9-14,21,31-32H,2-3,6,8,15-16H2,1H3,(H,28,33)/b19-13+. The number of rotatable bonds is 6. The molecule has 1 aliphatic rings. The lowest BCUT2D eigenvalue weighted by atomic mass is 10.0. The maximum atomic E-state index is 13.7. The van der Waals surface area contributed by atoms with Crippen LogP contribution in [-0.4, -0.2) is 38.5 Å². The van der Waals surface area contributed by atoms with Crippen LogP contribution in [0.4, 0.5) is 4.39 Å². The molecule has 172 valence electrons. The van der Waals surface area contributed by atoms with E-state index in [9.17, 15) is 19.4 Å². The van der Waals surface area contributed by atoms with Crippen LogP contribution < -0.4 is 5.32 Å². The number of phenolic OH excluding ortho intramolecular Hbond substituents is 1. The van der Waals surface area contributed by atoms with Gasteiger partial charge in [-0.05, 0) is 79.1 Å². The lowest BCUT2D eigenvalue weighted by Crippen LogP contribution is -2.39. The highest BCUT2D eigenvalue weighted by atomic mass is 19.1. The van der Waals surface area contributed by atoms with E-state index in [0.29, 0.717) is 12.1 Å². The molecule has 1 aliphatic carbocycles. The Morgan fingerprint density at radius 1 is 1.21 bits per heavy atom. The average Bonchev–Trinajstić information content (AvgIpc) is 2.98. The van der Waals surface area contributed by atoms with E-state index in [1.807, 2.05) is 19.2 Å². The van der Waals surface area contributed by atoms with E-state index < -0.39 is 6.04 Å². The summed E-state index contributed by atoms with van der Waals surface area (Å²) in [5, 5.41) is 26.7. The number of hydrogen-bond acceptors (Lipinski definition) is 4. The van der Waals surface area contributed by atoms with Crippen molar-refractivity contribution in [3.63, 3.8) is 0 Å². The summed E-state index contributed by atoms with van der Waals surface area (Å²) in [6.07, 6.45) is 5.85. The fourth-order valence-corrected chi connectivity index (χ4v) is 4.39. The van der Waals surface area contributed by atoms with Crippen molar-refractivity contribution in [1.29, 1.82) is 0 Å². The number of hydrogen-bond donors (Lipinski definition) is 3. The summed E-state index contributed by atoms with van der Waals surface area (Å²) < 4.78 is 15.4.